The second-order valence-corrected chi connectivity index (χ2v) is 17.0. The fraction of sp³-hybridized carbons (Fsp3) is 0.607. The topological polar surface area (TPSA) is 61.8 Å². The minimum absolute atomic E-state index is 0.0385. The van der Waals surface area contributed by atoms with E-state index in [9.17, 15) is 9.59 Å². The van der Waals surface area contributed by atoms with Gasteiger partial charge in [0.2, 0.25) is 0 Å². The quantitative estimate of drug-likeness (QED) is 0.0346. The Bertz CT molecular complexity index is 1400. The van der Waals surface area contributed by atoms with Crippen molar-refractivity contribution in [3.63, 3.8) is 0 Å². The second kappa shape index (κ2) is 55.4. The lowest BCUT2D eigenvalue weighted by Gasteiger charge is -2.18. The maximum absolute atomic E-state index is 12.8. The number of carbonyl (C=O) groups excluding carboxylic acids is 2. The van der Waals surface area contributed by atoms with Gasteiger partial charge in [0.15, 0.2) is 6.10 Å². The number of esters is 2. The van der Waals surface area contributed by atoms with Crippen LogP contribution in [0, 0.1) is 0 Å². The normalized spacial score (nSPS) is 13.3. The van der Waals surface area contributed by atoms with Crippen LogP contribution in [-0.4, -0.2) is 37.9 Å². The minimum Gasteiger partial charge on any atom is -0.462 e. The Morgan fingerprint density at radius 3 is 1.09 bits per heavy atom. The minimum atomic E-state index is -0.591. The van der Waals surface area contributed by atoms with Gasteiger partial charge in [0.05, 0.1) is 6.61 Å². The van der Waals surface area contributed by atoms with Crippen LogP contribution in [0.15, 0.2) is 134 Å². The van der Waals surface area contributed by atoms with Crippen molar-refractivity contribution >= 4 is 11.9 Å². The largest absolute Gasteiger partial charge is 0.462 e. The summed E-state index contributed by atoms with van der Waals surface area (Å²) >= 11 is 0. The summed E-state index contributed by atoms with van der Waals surface area (Å²) in [5.41, 5.74) is 0. The van der Waals surface area contributed by atoms with E-state index < -0.39 is 6.10 Å². The summed E-state index contributed by atoms with van der Waals surface area (Å²) in [7, 11) is 0. The van der Waals surface area contributed by atoms with Crippen LogP contribution in [0.4, 0.5) is 0 Å². The molecule has 0 bridgehead atoms. The molecule has 5 heteroatoms. The summed E-state index contributed by atoms with van der Waals surface area (Å²) in [5.74, 6) is -0.474. The fourth-order valence-electron chi connectivity index (χ4n) is 6.75. The van der Waals surface area contributed by atoms with Crippen LogP contribution in [0.5, 0.6) is 0 Å². The van der Waals surface area contributed by atoms with Crippen LogP contribution in [0.25, 0.3) is 0 Å². The molecule has 0 spiro atoms. The molecule has 0 aliphatic carbocycles. The number of ether oxygens (including phenoxy) is 3. The standard InChI is InChI=1S/C61H98O5/c1-4-7-10-13-16-19-22-25-28-29-30-31-32-35-38-41-44-47-50-53-56-64-57-59(66-61(63)55-52-49-46-43-40-37-34-27-24-21-18-15-12-9-6-3)58-65-60(62)54-51-48-45-42-39-36-33-26-23-20-17-14-11-8-5-2/h7-8,10-11,16-21,25-28,30-31,33-35,38,44,47,59H,4-6,9,12-15,22-24,29,32,36-37,39-43,45-46,48-58H2,1-3H3/b10-7-,11-8-,19-16-,20-17-,21-18-,28-25-,31-30-,33-26-,34-27-,38-35-,47-44-. The molecule has 0 aromatic heterocycles. The third kappa shape index (κ3) is 52.7. The summed E-state index contributed by atoms with van der Waals surface area (Å²) in [6.07, 6.45) is 79.0. The molecular weight excluding hydrogens is 813 g/mol. The summed E-state index contributed by atoms with van der Waals surface area (Å²) < 4.78 is 17.3. The Morgan fingerprint density at radius 2 is 0.682 bits per heavy atom. The zero-order valence-corrected chi connectivity index (χ0v) is 42.7. The second-order valence-electron chi connectivity index (χ2n) is 17.0. The highest BCUT2D eigenvalue weighted by Gasteiger charge is 2.17. The molecule has 372 valence electrons. The number of allylic oxidation sites excluding steroid dienone is 22. The lowest BCUT2D eigenvalue weighted by atomic mass is 10.1. The average molecular weight is 911 g/mol. The van der Waals surface area contributed by atoms with Crippen LogP contribution in [0.3, 0.4) is 0 Å². The van der Waals surface area contributed by atoms with Gasteiger partial charge in [0.1, 0.15) is 6.61 Å². The zero-order chi connectivity index (χ0) is 47.7. The van der Waals surface area contributed by atoms with E-state index in [1.54, 1.807) is 0 Å². The third-order valence-electron chi connectivity index (χ3n) is 10.7. The summed E-state index contributed by atoms with van der Waals surface area (Å²) in [6, 6.07) is 0. The molecule has 0 saturated heterocycles. The lowest BCUT2D eigenvalue weighted by molar-refractivity contribution is -0.163. The van der Waals surface area contributed by atoms with Crippen LogP contribution < -0.4 is 0 Å². The molecule has 1 unspecified atom stereocenters. The molecule has 0 heterocycles. The first-order chi connectivity index (χ1) is 32.6. The fourth-order valence-corrected chi connectivity index (χ4v) is 6.75. The highest BCUT2D eigenvalue weighted by molar-refractivity contribution is 5.70. The summed E-state index contributed by atoms with van der Waals surface area (Å²) in [6.45, 7) is 7.38. The lowest BCUT2D eigenvalue weighted by Crippen LogP contribution is -2.30. The molecule has 0 amide bonds. The van der Waals surface area contributed by atoms with E-state index >= 15 is 0 Å². The van der Waals surface area contributed by atoms with Gasteiger partial charge in [0, 0.05) is 19.4 Å². The van der Waals surface area contributed by atoms with Crippen LogP contribution in [-0.2, 0) is 23.8 Å². The molecule has 0 radical (unpaired) electrons. The van der Waals surface area contributed by atoms with Crippen molar-refractivity contribution in [1.82, 2.24) is 0 Å². The van der Waals surface area contributed by atoms with E-state index in [-0.39, 0.29) is 25.2 Å². The summed E-state index contributed by atoms with van der Waals surface area (Å²) in [4.78, 5) is 25.4. The molecule has 66 heavy (non-hydrogen) atoms. The van der Waals surface area contributed by atoms with Gasteiger partial charge >= 0.3 is 11.9 Å². The Hall–Kier alpha value is -3.96. The maximum Gasteiger partial charge on any atom is 0.306 e. The molecular formula is C61H98O5. The van der Waals surface area contributed by atoms with E-state index in [0.717, 1.165) is 128 Å². The van der Waals surface area contributed by atoms with Crippen molar-refractivity contribution < 1.29 is 23.8 Å². The van der Waals surface area contributed by atoms with Gasteiger partial charge in [-0.1, -0.05) is 206 Å². The molecule has 0 fully saturated rings. The number of carbonyl (C=O) groups is 2. The van der Waals surface area contributed by atoms with Crippen molar-refractivity contribution in [2.75, 3.05) is 19.8 Å². The highest BCUT2D eigenvalue weighted by Crippen LogP contribution is 2.12. The summed E-state index contributed by atoms with van der Waals surface area (Å²) in [5, 5.41) is 0. The van der Waals surface area contributed by atoms with Gasteiger partial charge in [-0.2, -0.15) is 0 Å². The van der Waals surface area contributed by atoms with Gasteiger partial charge < -0.3 is 14.2 Å². The van der Waals surface area contributed by atoms with Crippen LogP contribution in [0.1, 0.15) is 213 Å². The van der Waals surface area contributed by atoms with Crippen molar-refractivity contribution in [3.05, 3.63) is 134 Å². The first-order valence-corrected chi connectivity index (χ1v) is 26.7. The first kappa shape index (κ1) is 62.0. The number of unbranched alkanes of at least 4 members (excludes halogenated alkanes) is 14. The Balaban J connectivity index is 4.46. The molecule has 1 atom stereocenters. The number of rotatable bonds is 47. The predicted molar refractivity (Wildman–Crippen MR) is 288 cm³/mol. The Kier molecular flexibility index (Phi) is 52.0. The molecule has 0 aromatic rings. The monoisotopic (exact) mass is 911 g/mol. The highest BCUT2D eigenvalue weighted by atomic mass is 16.6. The molecule has 0 aliphatic heterocycles. The number of hydrogen-bond acceptors (Lipinski definition) is 5. The van der Waals surface area contributed by atoms with Crippen molar-refractivity contribution in [3.8, 4) is 0 Å². The van der Waals surface area contributed by atoms with Gasteiger partial charge in [-0.15, -0.1) is 0 Å². The average Bonchev–Trinajstić information content (AvgIpc) is 3.32. The smallest absolute Gasteiger partial charge is 0.306 e. The van der Waals surface area contributed by atoms with E-state index in [1.807, 2.05) is 0 Å². The Labute approximate surface area is 407 Å². The maximum atomic E-state index is 12.8. The molecule has 0 N–H and O–H groups in total. The van der Waals surface area contributed by atoms with Crippen LogP contribution >= 0.6 is 0 Å². The van der Waals surface area contributed by atoms with Gasteiger partial charge in [0.25, 0.3) is 0 Å². The van der Waals surface area contributed by atoms with Gasteiger partial charge in [-0.25, -0.2) is 0 Å². The van der Waals surface area contributed by atoms with Crippen molar-refractivity contribution in [2.45, 2.75) is 219 Å². The van der Waals surface area contributed by atoms with E-state index in [1.165, 1.54) is 51.4 Å². The van der Waals surface area contributed by atoms with Crippen LogP contribution in [0.2, 0.25) is 0 Å². The molecule has 5 nitrogen and oxygen atoms in total. The zero-order valence-electron chi connectivity index (χ0n) is 42.7. The Morgan fingerprint density at radius 1 is 0.348 bits per heavy atom. The third-order valence-corrected chi connectivity index (χ3v) is 10.7. The molecule has 0 rings (SSSR count). The number of hydrogen-bond donors (Lipinski definition) is 0. The molecule has 0 aromatic carbocycles. The SMILES string of the molecule is CC/C=C\C/C=C\C/C=C\C/C=C\C/C=C\C/C=C\CCCOCC(COC(=O)CCCCCCC/C=C\C/C=C\C/C=C\CC)OC(=O)CCCCCCC/C=C\C/C=C\CCCCC. The van der Waals surface area contributed by atoms with Gasteiger partial charge in [-0.05, 0) is 128 Å². The molecule has 0 aliphatic rings. The van der Waals surface area contributed by atoms with E-state index in [4.69, 9.17) is 14.2 Å². The van der Waals surface area contributed by atoms with E-state index in [2.05, 4.69) is 154 Å². The van der Waals surface area contributed by atoms with Crippen molar-refractivity contribution in [2.24, 2.45) is 0 Å². The predicted octanol–water partition coefficient (Wildman–Crippen LogP) is 18.3. The van der Waals surface area contributed by atoms with Gasteiger partial charge in [-0.3, -0.25) is 9.59 Å². The molecule has 0 saturated carbocycles. The first-order valence-electron chi connectivity index (χ1n) is 26.7. The van der Waals surface area contributed by atoms with Crippen molar-refractivity contribution in [1.29, 1.82) is 0 Å². The van der Waals surface area contributed by atoms with E-state index in [0.29, 0.717) is 19.4 Å².